The van der Waals surface area contributed by atoms with E-state index in [4.69, 9.17) is 28.8 Å². The Morgan fingerprint density at radius 2 is 1.11 bits per heavy atom. The predicted molar refractivity (Wildman–Crippen MR) is 314 cm³/mol. The maximum atomic E-state index is 12.8. The van der Waals surface area contributed by atoms with Crippen LogP contribution in [-0.2, 0) is 42.0 Å². The molecule has 0 saturated carbocycles. The van der Waals surface area contributed by atoms with E-state index >= 15 is 0 Å². The third-order valence-corrected chi connectivity index (χ3v) is 12.7. The number of aliphatic carboxylic acids is 1. The third kappa shape index (κ3) is 20.5. The molecular weight excluding hydrogens is 1210 g/mol. The van der Waals surface area contributed by atoms with Crippen molar-refractivity contribution in [3.8, 4) is 45.2 Å². The number of carbonyl (C=O) groups excluding carboxylic acids is 4. The quantitative estimate of drug-likeness (QED) is 0.0322. The van der Waals surface area contributed by atoms with Crippen LogP contribution in [-0.4, -0.2) is 152 Å². The molecule has 10 aromatic rings. The van der Waals surface area contributed by atoms with Gasteiger partial charge in [0.05, 0.1) is 64.6 Å². The van der Waals surface area contributed by atoms with E-state index in [2.05, 4.69) is 80.5 Å². The molecule has 4 aromatic carbocycles. The van der Waals surface area contributed by atoms with Gasteiger partial charge in [-0.3, -0.25) is 4.90 Å². The van der Waals surface area contributed by atoms with Gasteiger partial charge in [-0.15, -0.1) is 20.4 Å². The molecule has 0 bridgehead atoms. The fraction of sp³-hybridized carbons (Fsp3) is 0.276. The van der Waals surface area contributed by atoms with Gasteiger partial charge in [-0.1, -0.05) is 60.7 Å². The van der Waals surface area contributed by atoms with Crippen LogP contribution in [0.3, 0.4) is 0 Å². The minimum atomic E-state index is -2.85. The van der Waals surface area contributed by atoms with Crippen LogP contribution < -0.4 is 50.6 Å². The molecule has 27 nitrogen and oxygen atoms in total. The van der Waals surface area contributed by atoms with Crippen molar-refractivity contribution in [3.05, 3.63) is 134 Å². The van der Waals surface area contributed by atoms with Gasteiger partial charge in [-0.05, 0) is 61.7 Å². The summed E-state index contributed by atoms with van der Waals surface area (Å²) in [4.78, 5) is 75.8. The molecule has 3 radical (unpaired) electrons. The molecule has 2 atom stereocenters. The van der Waals surface area contributed by atoms with Crippen LogP contribution in [0.25, 0.3) is 67.2 Å². The molecule has 2 fully saturated rings. The van der Waals surface area contributed by atoms with Gasteiger partial charge in [-0.25, -0.2) is 49.3 Å². The van der Waals surface area contributed by atoms with Crippen molar-refractivity contribution >= 4 is 77.9 Å². The zero-order chi connectivity index (χ0) is 63.4. The van der Waals surface area contributed by atoms with Crippen LogP contribution in [0.2, 0.25) is 0 Å². The standard InChI is InChI=1S/C26H24F2N8O2.C22H15F2N7O2.C4H9NO.C4H6O4.C2H4O2.B.Na/c27-23(28)25-34-33-24(38-25)17-12-29-26(30-13-17)32-18-10-20(16-4-2-1-3-5-16)22-21(11-18)36(15-31-22)9-8-35-7-6-19(37)14-35;23-19(24)21-30-29-20(33-21)14-10-25-22(26-11-14)28-15-8-16(13-4-2-1-3-5-13)18-17(9-15)31(6-7-32)12-27-18;6-4-1-2-5-3-4;1-3(5)7-8-4(2)6;1-2(3)4;;/h1-5,10-13,15,19,23,37H,6-9,14H2,(H,29,30,32);1-5,7-12,19H,6H2,(H,25,26,28);4-6H,1-3H2;1-2H3;1H3,(H,3,4);;/q;;;;;;+1/p-1. The fourth-order valence-electron chi connectivity index (χ4n) is 8.71. The van der Waals surface area contributed by atoms with Gasteiger partial charge in [0.2, 0.25) is 11.9 Å². The Bertz CT molecular complexity index is 3920. The molecule has 91 heavy (non-hydrogen) atoms. The number of alkyl halides is 4. The first kappa shape index (κ1) is 70.6. The number of halogens is 4. The van der Waals surface area contributed by atoms with Crippen LogP contribution in [0.1, 0.15) is 58.2 Å². The van der Waals surface area contributed by atoms with Crippen LogP contribution in [0.4, 0.5) is 40.8 Å². The van der Waals surface area contributed by atoms with Crippen molar-refractivity contribution in [1.82, 2.24) is 69.6 Å². The summed E-state index contributed by atoms with van der Waals surface area (Å²) in [5.41, 5.74) is 9.28. The summed E-state index contributed by atoms with van der Waals surface area (Å²) in [5.74, 6) is -3.45. The topological polar surface area (TPSA) is 355 Å². The van der Waals surface area contributed by atoms with Crippen molar-refractivity contribution in [2.45, 2.75) is 71.8 Å². The molecule has 12 rings (SSSR count). The van der Waals surface area contributed by atoms with E-state index in [1.165, 1.54) is 24.8 Å². The maximum absolute atomic E-state index is 12.8. The van der Waals surface area contributed by atoms with E-state index in [1.807, 2.05) is 91.3 Å². The largest absolute Gasteiger partial charge is 1.00 e. The molecule has 2 unspecified atom stereocenters. The smallest absolute Gasteiger partial charge is 0.550 e. The Morgan fingerprint density at radius 3 is 1.47 bits per heavy atom. The summed E-state index contributed by atoms with van der Waals surface area (Å²) in [5, 5.41) is 50.6. The number of aliphatic hydroxyl groups is 2. The van der Waals surface area contributed by atoms with Gasteiger partial charge in [0, 0.05) is 108 Å². The van der Waals surface area contributed by atoms with E-state index in [1.54, 1.807) is 10.9 Å². The van der Waals surface area contributed by atoms with E-state index in [0.717, 1.165) is 123 Å². The average molecular weight is 1260 g/mol. The number of nitrogens with zero attached hydrogens (tertiary/aromatic N) is 13. The summed E-state index contributed by atoms with van der Waals surface area (Å²) in [6.45, 7) is 8.33. The third-order valence-electron chi connectivity index (χ3n) is 12.7. The number of rotatable bonds is 15. The number of aromatic nitrogens is 12. The molecule has 2 aliphatic heterocycles. The van der Waals surface area contributed by atoms with E-state index in [9.17, 15) is 37.1 Å². The number of β-amino-alcohol motifs (C(OH)–C–C–N with tert-alkyl or cyclic N) is 2. The molecule has 6 aromatic heterocycles. The Labute approximate surface area is 539 Å². The molecule has 0 amide bonds. The first-order valence-corrected chi connectivity index (χ1v) is 27.2. The van der Waals surface area contributed by atoms with Crippen molar-refractivity contribution in [3.63, 3.8) is 0 Å². The molecule has 2 aliphatic rings. The number of carboxylic acids is 1. The average Bonchev–Trinajstić information content (AvgIpc) is 1.80. The molecule has 0 aliphatic carbocycles. The molecule has 467 valence electrons. The van der Waals surface area contributed by atoms with Gasteiger partial charge in [0.1, 0.15) is 6.29 Å². The van der Waals surface area contributed by atoms with E-state index in [0.29, 0.717) is 29.3 Å². The van der Waals surface area contributed by atoms with Crippen molar-refractivity contribution in [2.24, 2.45) is 0 Å². The zero-order valence-electron chi connectivity index (χ0n) is 49.3. The van der Waals surface area contributed by atoms with Crippen LogP contribution >= 0.6 is 0 Å². The number of hydrogen-bond acceptors (Lipinski definition) is 25. The number of anilines is 4. The van der Waals surface area contributed by atoms with Crippen molar-refractivity contribution < 1.29 is 100 Å². The van der Waals surface area contributed by atoms with E-state index < -0.39 is 42.5 Å². The minimum Gasteiger partial charge on any atom is -0.550 e. The number of benzene rings is 4. The normalized spacial score (nSPS) is 14.0. The summed E-state index contributed by atoms with van der Waals surface area (Å²) in [7, 11) is 0. The number of fused-ring (bicyclic) bond motifs is 2. The summed E-state index contributed by atoms with van der Waals surface area (Å²) >= 11 is 0. The fourth-order valence-corrected chi connectivity index (χ4v) is 8.71. The number of nitrogens with one attached hydrogen (secondary N) is 3. The van der Waals surface area contributed by atoms with Gasteiger partial charge in [0.25, 0.3) is 23.6 Å². The number of likely N-dealkylation sites (tertiary alicyclic amines) is 1. The Kier molecular flexibility index (Phi) is 26.8. The monoisotopic (exact) mass is 1260 g/mol. The van der Waals surface area contributed by atoms with Gasteiger partial charge in [-0.2, -0.15) is 17.6 Å². The van der Waals surface area contributed by atoms with E-state index in [-0.39, 0.29) is 74.5 Å². The molecule has 8 heterocycles. The number of aliphatic hydroxyl groups excluding tert-OH is 2. The first-order chi connectivity index (χ1) is 42.9. The number of hydrogen-bond donors (Lipinski definition) is 5. The molecule has 33 heteroatoms. The van der Waals surface area contributed by atoms with Gasteiger partial charge in [0.15, 0.2) is 0 Å². The molecule has 0 spiro atoms. The number of aldehydes is 1. The second kappa shape index (κ2) is 34.5. The van der Waals surface area contributed by atoms with Crippen molar-refractivity contribution in [1.29, 1.82) is 0 Å². The zero-order valence-corrected chi connectivity index (χ0v) is 51.3. The summed E-state index contributed by atoms with van der Waals surface area (Å²) in [6.07, 6.45) is 5.64. The van der Waals surface area contributed by atoms with Gasteiger partial charge >= 0.3 is 54.3 Å². The summed E-state index contributed by atoms with van der Waals surface area (Å²) < 4.78 is 64.6. The number of carboxylic acid groups (broad SMARTS) is 1. The Hall–Kier alpha value is -9.44. The first-order valence-electron chi connectivity index (χ1n) is 27.2. The SMILES string of the molecule is CC(=O)OOC(C)=O.CC(=O)[O-].O=CCn1cnc2c(-c3ccccc3)cc(Nc3ncc(-c4nnc(C(F)F)o4)cn3)cc21.OC1CCN(CCn2cnc3c(-c4ccccc4)cc(Nc4ncc(-c5nnc(C(F)F)o5)cn4)cc32)C1.OC1CCNC1.[B].[Na+]. The minimum absolute atomic E-state index is 0. The number of imidazole rings is 2. The molecule has 5 N–H and O–H groups in total. The van der Waals surface area contributed by atoms with Crippen LogP contribution in [0.15, 0.2) is 131 Å². The Morgan fingerprint density at radius 1 is 0.659 bits per heavy atom. The van der Waals surface area contributed by atoms with Crippen LogP contribution in [0.5, 0.6) is 0 Å². The second-order valence-electron chi connectivity index (χ2n) is 19.4. The summed E-state index contributed by atoms with van der Waals surface area (Å²) in [6, 6.07) is 27.5. The Balaban J connectivity index is 0.000000225. The van der Waals surface area contributed by atoms with Gasteiger partial charge < -0.3 is 58.8 Å². The van der Waals surface area contributed by atoms with Crippen LogP contribution in [0, 0.1) is 0 Å². The maximum Gasteiger partial charge on any atom is 1.00 e. The predicted octanol–water partition coefficient (Wildman–Crippen LogP) is 3.46. The molecule has 2 saturated heterocycles. The molecular formula is C58H57BF4N16NaO11. The number of carbonyl (C=O) groups is 4. The van der Waals surface area contributed by atoms with Crippen molar-refractivity contribution in [2.75, 3.05) is 43.4 Å². The second-order valence-corrected chi connectivity index (χ2v) is 19.4.